The maximum atomic E-state index is 13.8. The van der Waals surface area contributed by atoms with Gasteiger partial charge in [0, 0.05) is 32.7 Å². The Labute approximate surface area is 208 Å². The third kappa shape index (κ3) is 3.88. The average Bonchev–Trinajstić information content (AvgIpc) is 3.20. The van der Waals surface area contributed by atoms with Crippen LogP contribution in [0.25, 0.3) is 11.0 Å². The van der Waals surface area contributed by atoms with Gasteiger partial charge in [-0.3, -0.25) is 9.69 Å². The molecule has 0 atom stereocenters. The van der Waals surface area contributed by atoms with Crippen LogP contribution < -0.4 is 0 Å². The van der Waals surface area contributed by atoms with E-state index in [-0.39, 0.29) is 5.41 Å². The second-order valence-corrected chi connectivity index (χ2v) is 11.9. The fourth-order valence-corrected chi connectivity index (χ4v) is 8.21. The second-order valence-electron chi connectivity index (χ2n) is 11.9. The lowest BCUT2D eigenvalue weighted by atomic mass is 9.49. The Bertz CT molecular complexity index is 1190. The quantitative estimate of drug-likeness (QED) is 0.532. The molecule has 0 radical (unpaired) electrons. The van der Waals surface area contributed by atoms with Gasteiger partial charge < -0.3 is 9.47 Å². The number of rotatable bonds is 5. The maximum Gasteiger partial charge on any atom is 0.228 e. The van der Waals surface area contributed by atoms with Crippen LogP contribution in [0.2, 0.25) is 0 Å². The number of para-hydroxylation sites is 2. The van der Waals surface area contributed by atoms with Gasteiger partial charge in [-0.25, -0.2) is 4.98 Å². The minimum Gasteiger partial charge on any atom is -0.340 e. The van der Waals surface area contributed by atoms with Crippen molar-refractivity contribution in [2.24, 2.45) is 23.2 Å². The zero-order valence-corrected chi connectivity index (χ0v) is 20.6. The molecule has 4 aliphatic carbocycles. The van der Waals surface area contributed by atoms with E-state index in [2.05, 4.69) is 69.0 Å². The molecule has 35 heavy (non-hydrogen) atoms. The number of carbonyl (C=O) groups is 1. The summed E-state index contributed by atoms with van der Waals surface area (Å²) in [5, 5.41) is 0. The summed E-state index contributed by atoms with van der Waals surface area (Å²) in [5.41, 5.74) is 3.54. The van der Waals surface area contributed by atoms with E-state index in [4.69, 9.17) is 4.98 Å². The van der Waals surface area contributed by atoms with Crippen LogP contribution in [0.5, 0.6) is 0 Å². The molecule has 182 valence electrons. The van der Waals surface area contributed by atoms with Crippen LogP contribution in [0.15, 0.2) is 54.6 Å². The molecule has 1 aromatic heterocycles. The molecule has 2 heterocycles. The number of aromatic nitrogens is 2. The average molecular weight is 469 g/mol. The Morgan fingerprint density at radius 1 is 0.800 bits per heavy atom. The predicted octanol–water partition coefficient (Wildman–Crippen LogP) is 4.95. The number of nitrogens with zero attached hydrogens (tertiary/aromatic N) is 4. The van der Waals surface area contributed by atoms with E-state index in [0.29, 0.717) is 5.91 Å². The van der Waals surface area contributed by atoms with Crippen molar-refractivity contribution in [1.82, 2.24) is 19.4 Å². The van der Waals surface area contributed by atoms with Gasteiger partial charge in [0.2, 0.25) is 5.91 Å². The topological polar surface area (TPSA) is 41.4 Å². The molecule has 5 fully saturated rings. The summed E-state index contributed by atoms with van der Waals surface area (Å²) in [4.78, 5) is 23.5. The van der Waals surface area contributed by atoms with Crippen molar-refractivity contribution >= 4 is 16.9 Å². The minimum atomic E-state index is -0.0133. The van der Waals surface area contributed by atoms with Gasteiger partial charge in [-0.2, -0.15) is 0 Å². The SMILES string of the molecule is O=C(N1CCN(Cc2nc3ccccc3n2Cc2ccccc2)CC1)C12CC3CC(CC(C3)C1)C2. The van der Waals surface area contributed by atoms with Gasteiger partial charge in [0.25, 0.3) is 0 Å². The molecule has 5 aliphatic rings. The van der Waals surface area contributed by atoms with Crippen molar-refractivity contribution in [2.45, 2.75) is 51.6 Å². The van der Waals surface area contributed by atoms with Crippen LogP contribution in [0.4, 0.5) is 0 Å². The van der Waals surface area contributed by atoms with E-state index in [9.17, 15) is 4.79 Å². The summed E-state index contributed by atoms with van der Waals surface area (Å²) in [6, 6.07) is 19.1. The van der Waals surface area contributed by atoms with Crippen LogP contribution in [-0.4, -0.2) is 51.4 Å². The monoisotopic (exact) mass is 468 g/mol. The summed E-state index contributed by atoms with van der Waals surface area (Å²) in [7, 11) is 0. The number of hydrogen-bond donors (Lipinski definition) is 0. The molecule has 1 saturated heterocycles. The van der Waals surface area contributed by atoms with Crippen molar-refractivity contribution in [3.63, 3.8) is 0 Å². The van der Waals surface area contributed by atoms with Crippen molar-refractivity contribution in [3.8, 4) is 0 Å². The Morgan fingerprint density at radius 2 is 1.43 bits per heavy atom. The highest BCUT2D eigenvalue weighted by Crippen LogP contribution is 2.60. The fraction of sp³-hybridized carbons (Fsp3) is 0.533. The van der Waals surface area contributed by atoms with Gasteiger partial charge in [0.1, 0.15) is 5.82 Å². The molecule has 0 unspecified atom stereocenters. The first-order valence-corrected chi connectivity index (χ1v) is 13.6. The lowest BCUT2D eigenvalue weighted by molar-refractivity contribution is -0.159. The number of benzene rings is 2. The van der Waals surface area contributed by atoms with E-state index in [1.165, 1.54) is 49.6 Å². The number of fused-ring (bicyclic) bond motifs is 1. The molecule has 5 heteroatoms. The van der Waals surface area contributed by atoms with Crippen molar-refractivity contribution in [3.05, 3.63) is 66.0 Å². The van der Waals surface area contributed by atoms with Gasteiger partial charge >= 0.3 is 0 Å². The molecule has 4 bridgehead atoms. The maximum absolute atomic E-state index is 13.8. The standard InChI is InChI=1S/C30H36N4O/c35-29(30-17-23-14-24(18-30)16-25(15-23)19-30)33-12-10-32(11-13-33)21-28-31-26-8-4-5-9-27(26)34(28)20-22-6-2-1-3-7-22/h1-9,23-25H,10-21H2. The summed E-state index contributed by atoms with van der Waals surface area (Å²) in [6.45, 7) is 5.26. The molecule has 1 aliphatic heterocycles. The molecule has 8 rings (SSSR count). The Kier molecular flexibility index (Phi) is 5.23. The molecular weight excluding hydrogens is 432 g/mol. The summed E-state index contributed by atoms with van der Waals surface area (Å²) < 4.78 is 2.37. The predicted molar refractivity (Wildman–Crippen MR) is 138 cm³/mol. The number of imidazole rings is 1. The first kappa shape index (κ1) is 21.6. The zero-order valence-electron chi connectivity index (χ0n) is 20.6. The normalized spacial score (nSPS) is 30.3. The molecule has 2 aromatic carbocycles. The van der Waals surface area contributed by atoms with Gasteiger partial charge in [-0.05, 0) is 74.0 Å². The van der Waals surface area contributed by atoms with E-state index in [1.54, 1.807) is 0 Å². The molecule has 3 aromatic rings. The van der Waals surface area contributed by atoms with Crippen LogP contribution in [0.1, 0.15) is 49.9 Å². The van der Waals surface area contributed by atoms with E-state index < -0.39 is 0 Å². The van der Waals surface area contributed by atoms with Crippen molar-refractivity contribution in [2.75, 3.05) is 26.2 Å². The molecule has 4 saturated carbocycles. The van der Waals surface area contributed by atoms with Gasteiger partial charge in [0.05, 0.1) is 23.0 Å². The third-order valence-electron chi connectivity index (χ3n) is 9.43. The number of carbonyl (C=O) groups excluding carboxylic acids is 1. The van der Waals surface area contributed by atoms with Crippen LogP contribution in [0.3, 0.4) is 0 Å². The van der Waals surface area contributed by atoms with E-state index >= 15 is 0 Å². The van der Waals surface area contributed by atoms with Crippen LogP contribution >= 0.6 is 0 Å². The Hall–Kier alpha value is -2.66. The van der Waals surface area contributed by atoms with Crippen LogP contribution in [0, 0.1) is 23.2 Å². The first-order chi connectivity index (χ1) is 17.1. The fourth-order valence-electron chi connectivity index (χ4n) is 8.21. The van der Waals surface area contributed by atoms with Gasteiger partial charge in [-0.15, -0.1) is 0 Å². The molecule has 5 nitrogen and oxygen atoms in total. The lowest BCUT2D eigenvalue weighted by Gasteiger charge is -2.57. The summed E-state index contributed by atoms with van der Waals surface area (Å²) in [5.74, 6) is 4.08. The highest BCUT2D eigenvalue weighted by atomic mass is 16.2. The van der Waals surface area contributed by atoms with E-state index in [0.717, 1.165) is 68.4 Å². The molecule has 1 amide bonds. The number of hydrogen-bond acceptors (Lipinski definition) is 3. The minimum absolute atomic E-state index is 0.0133. The Balaban J connectivity index is 1.05. The van der Waals surface area contributed by atoms with Gasteiger partial charge in [-0.1, -0.05) is 42.5 Å². The van der Waals surface area contributed by atoms with Gasteiger partial charge in [0.15, 0.2) is 0 Å². The largest absolute Gasteiger partial charge is 0.340 e. The number of piperazine rings is 1. The van der Waals surface area contributed by atoms with Crippen molar-refractivity contribution < 1.29 is 4.79 Å². The van der Waals surface area contributed by atoms with E-state index in [1.807, 2.05) is 0 Å². The summed E-state index contributed by atoms with van der Waals surface area (Å²) in [6.07, 6.45) is 7.68. The Morgan fingerprint density at radius 3 is 2.11 bits per heavy atom. The first-order valence-electron chi connectivity index (χ1n) is 13.6. The van der Waals surface area contributed by atoms with Crippen molar-refractivity contribution in [1.29, 1.82) is 0 Å². The highest BCUT2D eigenvalue weighted by Gasteiger charge is 2.55. The molecular formula is C30H36N4O. The number of amides is 1. The lowest BCUT2D eigenvalue weighted by Crippen LogP contribution is -2.58. The van der Waals surface area contributed by atoms with Crippen LogP contribution in [-0.2, 0) is 17.9 Å². The second kappa shape index (κ2) is 8.48. The molecule has 0 spiro atoms. The summed E-state index contributed by atoms with van der Waals surface area (Å²) >= 11 is 0. The highest BCUT2D eigenvalue weighted by molar-refractivity contribution is 5.83. The zero-order chi connectivity index (χ0) is 23.4. The smallest absolute Gasteiger partial charge is 0.228 e. The third-order valence-corrected chi connectivity index (χ3v) is 9.43. The molecule has 0 N–H and O–H groups in total.